The average molecular weight is 541 g/mol. The molecule has 4 aliphatic carbocycles. The largest absolute Gasteiger partial charge is 0.507 e. The number of aryl methyl sites for hydroxylation is 2. The molecule has 0 aliphatic heterocycles. The number of phenolic OH excluding ortho intramolecular Hbond substituents is 2. The molecule has 6 rings (SSSR count). The van der Waals surface area contributed by atoms with E-state index in [1.165, 1.54) is 49.7 Å². The minimum absolute atomic E-state index is 0.0108. The maximum absolute atomic E-state index is 12.3. The number of hydrogen-bond acceptors (Lipinski definition) is 2. The highest BCUT2D eigenvalue weighted by Crippen LogP contribution is 2.63. The molecule has 0 radical (unpaired) electrons. The molecule has 40 heavy (non-hydrogen) atoms. The molecule has 0 aromatic heterocycles. The number of fused-ring (bicyclic) bond motifs is 2. The second-order valence-electron chi connectivity index (χ2n) is 15.5. The third-order valence-corrected chi connectivity index (χ3v) is 12.2. The highest BCUT2D eigenvalue weighted by atomic mass is 16.3. The van der Waals surface area contributed by atoms with Gasteiger partial charge < -0.3 is 10.2 Å². The van der Waals surface area contributed by atoms with Crippen LogP contribution in [0.2, 0.25) is 0 Å². The molecule has 216 valence electrons. The van der Waals surface area contributed by atoms with E-state index in [0.717, 1.165) is 54.4 Å². The molecule has 0 spiro atoms. The number of rotatable bonds is 5. The highest BCUT2D eigenvalue weighted by Gasteiger charge is 2.54. The van der Waals surface area contributed by atoms with Crippen molar-refractivity contribution in [2.24, 2.45) is 23.2 Å². The van der Waals surface area contributed by atoms with Crippen molar-refractivity contribution in [2.75, 3.05) is 0 Å². The van der Waals surface area contributed by atoms with Crippen LogP contribution in [0.1, 0.15) is 138 Å². The Morgan fingerprint density at radius 3 is 1.48 bits per heavy atom. The van der Waals surface area contributed by atoms with E-state index >= 15 is 0 Å². The molecule has 0 amide bonds. The van der Waals surface area contributed by atoms with Crippen LogP contribution in [0, 0.1) is 37.0 Å². The zero-order chi connectivity index (χ0) is 28.4. The van der Waals surface area contributed by atoms with Crippen molar-refractivity contribution in [3.8, 4) is 11.5 Å². The molecule has 0 saturated heterocycles. The van der Waals surface area contributed by atoms with Gasteiger partial charge in [-0.3, -0.25) is 0 Å². The van der Waals surface area contributed by atoms with E-state index in [2.05, 4.69) is 78.0 Å². The first-order valence-corrected chi connectivity index (χ1v) is 16.3. The van der Waals surface area contributed by atoms with Gasteiger partial charge in [0, 0.05) is 28.2 Å². The van der Waals surface area contributed by atoms with E-state index in [4.69, 9.17) is 0 Å². The normalized spacial score (nSPS) is 28.3. The Morgan fingerprint density at radius 1 is 0.650 bits per heavy atom. The number of allylic oxidation sites excluding steroid dienone is 2. The lowest BCUT2D eigenvalue weighted by Crippen LogP contribution is -2.28. The maximum atomic E-state index is 12.3. The van der Waals surface area contributed by atoms with E-state index in [1.54, 1.807) is 0 Å². The summed E-state index contributed by atoms with van der Waals surface area (Å²) >= 11 is 0. The summed E-state index contributed by atoms with van der Waals surface area (Å²) in [5.41, 5.74) is 7.04. The zero-order valence-electron chi connectivity index (χ0n) is 25.9. The third-order valence-electron chi connectivity index (χ3n) is 12.2. The predicted molar refractivity (Wildman–Crippen MR) is 166 cm³/mol. The van der Waals surface area contributed by atoms with Crippen LogP contribution in [-0.2, 0) is 10.8 Å². The van der Waals surface area contributed by atoms with E-state index < -0.39 is 0 Å². The van der Waals surface area contributed by atoms with E-state index in [0.29, 0.717) is 29.3 Å². The lowest BCUT2D eigenvalue weighted by molar-refractivity contribution is 0.248. The van der Waals surface area contributed by atoms with E-state index in [1.807, 2.05) is 0 Å². The molecule has 0 heterocycles. The summed E-state index contributed by atoms with van der Waals surface area (Å²) in [5, 5.41) is 24.5. The molecule has 2 aromatic rings. The van der Waals surface area contributed by atoms with Gasteiger partial charge in [0.1, 0.15) is 11.5 Å². The van der Waals surface area contributed by atoms with Gasteiger partial charge in [-0.2, -0.15) is 0 Å². The summed E-state index contributed by atoms with van der Waals surface area (Å²) in [6.07, 6.45) is 18.1. The smallest absolute Gasteiger partial charge is 0.123 e. The quantitative estimate of drug-likeness (QED) is 0.370. The van der Waals surface area contributed by atoms with Gasteiger partial charge in [0.2, 0.25) is 0 Å². The van der Waals surface area contributed by atoms with Crippen molar-refractivity contribution in [2.45, 2.75) is 129 Å². The van der Waals surface area contributed by atoms with Gasteiger partial charge in [-0.05, 0) is 80.0 Å². The second-order valence-corrected chi connectivity index (χ2v) is 15.5. The fourth-order valence-corrected chi connectivity index (χ4v) is 9.70. The second kappa shape index (κ2) is 9.95. The summed E-state index contributed by atoms with van der Waals surface area (Å²) in [5.74, 6) is 2.30. The van der Waals surface area contributed by atoms with Gasteiger partial charge in [0.05, 0.1) is 0 Å². The number of benzene rings is 2. The Labute approximate surface area is 243 Å². The summed E-state index contributed by atoms with van der Waals surface area (Å²) in [6.45, 7) is 14.0. The van der Waals surface area contributed by atoms with Crippen molar-refractivity contribution in [3.05, 3.63) is 69.8 Å². The minimum atomic E-state index is -0.0316. The van der Waals surface area contributed by atoms with Crippen LogP contribution < -0.4 is 0 Å². The SMILES string of the molecule is Cc1cc(C(c2cc(C)cc(C3(C)CCCCC3)c2O)C2CC3C=CC2C3(C)C)c(O)c(C2(C)CCCCC2)c1. The van der Waals surface area contributed by atoms with Gasteiger partial charge in [0.25, 0.3) is 0 Å². The monoisotopic (exact) mass is 540 g/mol. The molecule has 2 bridgehead atoms. The first kappa shape index (κ1) is 27.9. The van der Waals surface area contributed by atoms with Crippen molar-refractivity contribution < 1.29 is 10.2 Å². The molecular formula is C38H52O2. The fraction of sp³-hybridized carbons (Fsp3) is 0.632. The van der Waals surface area contributed by atoms with Crippen LogP contribution in [0.15, 0.2) is 36.4 Å². The van der Waals surface area contributed by atoms with Crippen molar-refractivity contribution in [1.29, 1.82) is 0 Å². The lowest BCUT2D eigenvalue weighted by Gasteiger charge is -2.39. The van der Waals surface area contributed by atoms with Gasteiger partial charge >= 0.3 is 0 Å². The number of aromatic hydroxyl groups is 2. The predicted octanol–water partition coefficient (Wildman–Crippen LogP) is 10.1. The van der Waals surface area contributed by atoms with Crippen LogP contribution in [0.25, 0.3) is 0 Å². The Bertz CT molecular complexity index is 1220. The van der Waals surface area contributed by atoms with Crippen LogP contribution in [0.3, 0.4) is 0 Å². The molecule has 2 heteroatoms. The molecule has 2 nitrogen and oxygen atoms in total. The van der Waals surface area contributed by atoms with Gasteiger partial charge in [0.15, 0.2) is 0 Å². The van der Waals surface area contributed by atoms with Crippen LogP contribution in [-0.4, -0.2) is 10.2 Å². The Hall–Kier alpha value is -2.22. The lowest BCUT2D eigenvalue weighted by atomic mass is 9.66. The van der Waals surface area contributed by atoms with Crippen molar-refractivity contribution >= 4 is 0 Å². The Morgan fingerprint density at radius 2 is 1.10 bits per heavy atom. The topological polar surface area (TPSA) is 40.5 Å². The van der Waals surface area contributed by atoms with Crippen molar-refractivity contribution in [3.63, 3.8) is 0 Å². The molecule has 3 atom stereocenters. The van der Waals surface area contributed by atoms with Crippen LogP contribution >= 0.6 is 0 Å². The molecular weight excluding hydrogens is 488 g/mol. The summed E-state index contributed by atoms with van der Waals surface area (Å²) in [7, 11) is 0. The van der Waals surface area contributed by atoms with Crippen LogP contribution in [0.4, 0.5) is 0 Å². The highest BCUT2D eigenvalue weighted by molar-refractivity contribution is 5.57. The molecule has 4 aliphatic rings. The molecule has 2 aromatic carbocycles. The standard InChI is InChI=1S/C38H52O2/c1-24-19-28(34(39)31(21-24)37(5)15-9-7-10-16-37)33(27-23-26-13-14-30(27)36(26,3)4)29-20-25(2)22-32(35(29)40)38(6)17-11-8-12-18-38/h13-14,19-22,26-27,30,33,39-40H,7-12,15-18,23H2,1-6H3. The third kappa shape index (κ3) is 4.44. The van der Waals surface area contributed by atoms with Crippen LogP contribution in [0.5, 0.6) is 11.5 Å². The van der Waals surface area contributed by atoms with Gasteiger partial charge in [-0.1, -0.05) is 114 Å². The molecule has 2 N–H and O–H groups in total. The number of phenols is 2. The van der Waals surface area contributed by atoms with Crippen molar-refractivity contribution in [1.82, 2.24) is 0 Å². The molecule has 3 fully saturated rings. The van der Waals surface area contributed by atoms with Gasteiger partial charge in [-0.25, -0.2) is 0 Å². The number of hydrogen-bond donors (Lipinski definition) is 2. The summed E-state index contributed by atoms with van der Waals surface area (Å²) < 4.78 is 0. The zero-order valence-corrected chi connectivity index (χ0v) is 25.9. The Kier molecular flexibility index (Phi) is 6.95. The van der Waals surface area contributed by atoms with Gasteiger partial charge in [-0.15, -0.1) is 0 Å². The summed E-state index contributed by atoms with van der Waals surface area (Å²) in [4.78, 5) is 0. The maximum Gasteiger partial charge on any atom is 0.123 e. The van der Waals surface area contributed by atoms with E-state index in [-0.39, 0.29) is 22.2 Å². The molecule has 3 saturated carbocycles. The average Bonchev–Trinajstić information content (AvgIpc) is 3.34. The van der Waals surface area contributed by atoms with E-state index in [9.17, 15) is 10.2 Å². The first-order valence-electron chi connectivity index (χ1n) is 16.3. The molecule has 3 unspecified atom stereocenters. The Balaban J connectivity index is 1.56. The fourth-order valence-electron chi connectivity index (χ4n) is 9.70. The minimum Gasteiger partial charge on any atom is -0.507 e. The first-order chi connectivity index (χ1) is 18.9. The summed E-state index contributed by atoms with van der Waals surface area (Å²) in [6, 6.07) is 9.03.